The second-order valence-corrected chi connectivity index (χ2v) is 7.02. The molecule has 0 spiro atoms. The van der Waals surface area contributed by atoms with Gasteiger partial charge in [-0.1, -0.05) is 24.3 Å². The molecule has 2 amide bonds. The molecule has 150 valence electrons. The van der Waals surface area contributed by atoms with E-state index in [0.717, 1.165) is 11.0 Å². The first-order valence-electron chi connectivity index (χ1n) is 9.47. The molecule has 5 rings (SSSR count). The van der Waals surface area contributed by atoms with E-state index < -0.39 is 17.8 Å². The van der Waals surface area contributed by atoms with Crippen LogP contribution < -0.4 is 10.2 Å². The van der Waals surface area contributed by atoms with Crippen molar-refractivity contribution in [3.63, 3.8) is 0 Å². The molecule has 1 aliphatic rings. The molecule has 0 saturated carbocycles. The first-order valence-corrected chi connectivity index (χ1v) is 9.47. The standard InChI is InChI=1S/C22H17FN4O3/c23-15-7-1-2-8-16(15)24-20(28)12-19-21(29)26(13-14-6-5-11-30-14)22-25-17-9-3-4-10-18(17)27(19)22/h1-11,19H,12-13H2,(H,24,28)/t19-/m1/s1. The van der Waals surface area contributed by atoms with Crippen LogP contribution in [0.25, 0.3) is 11.0 Å². The molecule has 0 unspecified atom stereocenters. The number of hydrogen-bond donors (Lipinski definition) is 1. The van der Waals surface area contributed by atoms with Gasteiger partial charge >= 0.3 is 0 Å². The van der Waals surface area contributed by atoms with E-state index in [-0.39, 0.29) is 24.6 Å². The number of halogens is 1. The van der Waals surface area contributed by atoms with Crippen molar-refractivity contribution in [2.24, 2.45) is 0 Å². The molecular weight excluding hydrogens is 387 g/mol. The van der Waals surface area contributed by atoms with E-state index in [2.05, 4.69) is 10.3 Å². The summed E-state index contributed by atoms with van der Waals surface area (Å²) in [6, 6.07) is 16.1. The van der Waals surface area contributed by atoms with Crippen LogP contribution in [0.15, 0.2) is 71.3 Å². The zero-order chi connectivity index (χ0) is 20.7. The average Bonchev–Trinajstić information content (AvgIpc) is 3.44. The fraction of sp³-hybridized carbons (Fsp3) is 0.136. The molecule has 1 N–H and O–H groups in total. The van der Waals surface area contributed by atoms with Crippen molar-refractivity contribution in [2.45, 2.75) is 19.0 Å². The van der Waals surface area contributed by atoms with Gasteiger partial charge in [-0.05, 0) is 36.4 Å². The monoisotopic (exact) mass is 404 g/mol. The molecule has 0 radical (unpaired) electrons. The van der Waals surface area contributed by atoms with Gasteiger partial charge in [-0.15, -0.1) is 0 Å². The van der Waals surface area contributed by atoms with Crippen LogP contribution >= 0.6 is 0 Å². The number of anilines is 2. The van der Waals surface area contributed by atoms with Gasteiger partial charge in [0, 0.05) is 0 Å². The van der Waals surface area contributed by atoms with Crippen molar-refractivity contribution in [3.8, 4) is 0 Å². The van der Waals surface area contributed by atoms with Gasteiger partial charge in [0.1, 0.15) is 17.6 Å². The van der Waals surface area contributed by atoms with Gasteiger partial charge in [0.15, 0.2) is 0 Å². The Morgan fingerprint density at radius 3 is 2.70 bits per heavy atom. The van der Waals surface area contributed by atoms with Gasteiger partial charge in [0.25, 0.3) is 5.91 Å². The maximum atomic E-state index is 13.9. The number of rotatable bonds is 5. The molecule has 1 aliphatic heterocycles. The van der Waals surface area contributed by atoms with Crippen molar-refractivity contribution in [1.82, 2.24) is 9.55 Å². The lowest BCUT2D eigenvalue weighted by Gasteiger charge is -2.15. The van der Waals surface area contributed by atoms with Crippen LogP contribution in [-0.2, 0) is 16.1 Å². The summed E-state index contributed by atoms with van der Waals surface area (Å²) in [5.74, 6) is -0.179. The maximum absolute atomic E-state index is 13.9. The lowest BCUT2D eigenvalue weighted by molar-refractivity contribution is -0.124. The number of fused-ring (bicyclic) bond motifs is 3. The minimum Gasteiger partial charge on any atom is -0.467 e. The number of aromatic nitrogens is 2. The largest absolute Gasteiger partial charge is 0.467 e. The highest BCUT2D eigenvalue weighted by Gasteiger charge is 2.41. The quantitative estimate of drug-likeness (QED) is 0.547. The minimum absolute atomic E-state index is 0.0797. The van der Waals surface area contributed by atoms with E-state index in [4.69, 9.17) is 4.42 Å². The van der Waals surface area contributed by atoms with Gasteiger partial charge < -0.3 is 9.73 Å². The highest BCUT2D eigenvalue weighted by atomic mass is 19.1. The summed E-state index contributed by atoms with van der Waals surface area (Å²) in [6.07, 6.45) is 1.40. The first-order chi connectivity index (χ1) is 14.6. The smallest absolute Gasteiger partial charge is 0.253 e. The van der Waals surface area contributed by atoms with Crippen molar-refractivity contribution < 1.29 is 18.4 Å². The molecule has 2 aromatic heterocycles. The number of benzene rings is 2. The summed E-state index contributed by atoms with van der Waals surface area (Å²) in [4.78, 5) is 32.0. The number of imidazole rings is 1. The van der Waals surface area contributed by atoms with Gasteiger partial charge in [-0.3, -0.25) is 19.1 Å². The van der Waals surface area contributed by atoms with Crippen LogP contribution in [0.1, 0.15) is 18.2 Å². The molecular formula is C22H17FN4O3. The van der Waals surface area contributed by atoms with Crippen LogP contribution in [0.3, 0.4) is 0 Å². The van der Waals surface area contributed by atoms with Crippen LogP contribution in [0.2, 0.25) is 0 Å². The van der Waals surface area contributed by atoms with E-state index in [1.54, 1.807) is 28.8 Å². The first kappa shape index (κ1) is 18.1. The number of hydrogen-bond acceptors (Lipinski definition) is 4. The van der Waals surface area contributed by atoms with Gasteiger partial charge in [-0.25, -0.2) is 9.37 Å². The normalized spacial score (nSPS) is 15.6. The van der Waals surface area contributed by atoms with Gasteiger partial charge in [0.05, 0.1) is 35.9 Å². The third-order valence-corrected chi connectivity index (χ3v) is 5.10. The number of amides is 2. The molecule has 0 fully saturated rings. The molecule has 4 aromatic rings. The number of carbonyl (C=O) groups is 2. The van der Waals surface area contributed by atoms with Gasteiger partial charge in [-0.2, -0.15) is 0 Å². The molecule has 3 heterocycles. The molecule has 30 heavy (non-hydrogen) atoms. The molecule has 0 saturated heterocycles. The predicted octanol–water partition coefficient (Wildman–Crippen LogP) is 3.89. The Bertz CT molecular complexity index is 1250. The maximum Gasteiger partial charge on any atom is 0.253 e. The second-order valence-electron chi connectivity index (χ2n) is 7.02. The summed E-state index contributed by atoms with van der Waals surface area (Å²) in [7, 11) is 0. The van der Waals surface area contributed by atoms with Crippen molar-refractivity contribution >= 4 is 34.5 Å². The van der Waals surface area contributed by atoms with Crippen LogP contribution in [0, 0.1) is 5.82 Å². The van der Waals surface area contributed by atoms with Crippen LogP contribution in [0.4, 0.5) is 16.0 Å². The highest BCUT2D eigenvalue weighted by Crippen LogP contribution is 2.37. The molecule has 7 nitrogen and oxygen atoms in total. The Morgan fingerprint density at radius 2 is 1.90 bits per heavy atom. The Balaban J connectivity index is 1.48. The summed E-state index contributed by atoms with van der Waals surface area (Å²) in [5.41, 5.74) is 1.56. The number of nitrogens with one attached hydrogen (secondary N) is 1. The lowest BCUT2D eigenvalue weighted by atomic mass is 10.1. The summed E-state index contributed by atoms with van der Waals surface area (Å²) >= 11 is 0. The predicted molar refractivity (Wildman–Crippen MR) is 108 cm³/mol. The molecule has 0 aliphatic carbocycles. The molecule has 8 heteroatoms. The number of carbonyl (C=O) groups excluding carboxylic acids is 2. The van der Waals surface area contributed by atoms with Crippen molar-refractivity contribution in [2.75, 3.05) is 10.2 Å². The van der Waals surface area contributed by atoms with E-state index in [9.17, 15) is 14.0 Å². The third-order valence-electron chi connectivity index (χ3n) is 5.10. The van der Waals surface area contributed by atoms with E-state index >= 15 is 0 Å². The average molecular weight is 404 g/mol. The van der Waals surface area contributed by atoms with E-state index in [1.807, 2.05) is 24.3 Å². The number of nitrogens with zero attached hydrogens (tertiary/aromatic N) is 3. The Morgan fingerprint density at radius 1 is 1.10 bits per heavy atom. The van der Waals surface area contributed by atoms with E-state index in [0.29, 0.717) is 11.7 Å². The molecule has 0 bridgehead atoms. The summed E-state index contributed by atoms with van der Waals surface area (Å²) < 4.78 is 21.1. The van der Waals surface area contributed by atoms with Crippen molar-refractivity contribution in [1.29, 1.82) is 0 Å². The molecule has 1 atom stereocenters. The van der Waals surface area contributed by atoms with Crippen LogP contribution in [0.5, 0.6) is 0 Å². The number of para-hydroxylation sites is 3. The fourth-order valence-electron chi connectivity index (χ4n) is 3.74. The zero-order valence-corrected chi connectivity index (χ0v) is 15.8. The van der Waals surface area contributed by atoms with Crippen molar-refractivity contribution in [3.05, 3.63) is 78.5 Å². The fourth-order valence-corrected chi connectivity index (χ4v) is 3.74. The lowest BCUT2D eigenvalue weighted by Crippen LogP contribution is -2.31. The van der Waals surface area contributed by atoms with Crippen LogP contribution in [-0.4, -0.2) is 21.4 Å². The Kier molecular flexibility index (Phi) is 4.31. The summed E-state index contributed by atoms with van der Waals surface area (Å²) in [6.45, 7) is 0.209. The molecule has 2 aromatic carbocycles. The Labute approximate surface area is 170 Å². The SMILES string of the molecule is O=C(C[C@@H]1C(=O)N(Cc2ccco2)c2nc3ccccc3n21)Nc1ccccc1F. The number of furan rings is 1. The topological polar surface area (TPSA) is 80.4 Å². The zero-order valence-electron chi connectivity index (χ0n) is 15.8. The van der Waals surface area contributed by atoms with Gasteiger partial charge in [0.2, 0.25) is 11.9 Å². The Hall–Kier alpha value is -3.94. The minimum atomic E-state index is -0.783. The third kappa shape index (κ3) is 3.02. The second kappa shape index (κ2) is 7.14. The van der Waals surface area contributed by atoms with E-state index in [1.165, 1.54) is 23.3 Å². The summed E-state index contributed by atoms with van der Waals surface area (Å²) in [5, 5.41) is 2.55. The highest BCUT2D eigenvalue weighted by molar-refractivity contribution is 6.05.